The van der Waals surface area contributed by atoms with Crippen LogP contribution < -0.4 is 5.32 Å². The molecule has 1 N–H and O–H groups in total. The summed E-state index contributed by atoms with van der Waals surface area (Å²) in [6.07, 6.45) is 0.287. The lowest BCUT2D eigenvalue weighted by Gasteiger charge is -2.26. The molecule has 0 spiro atoms. The van der Waals surface area contributed by atoms with E-state index in [9.17, 15) is 9.59 Å². The lowest BCUT2D eigenvalue weighted by atomic mass is 9.95. The van der Waals surface area contributed by atoms with Gasteiger partial charge < -0.3 is 15.0 Å². The first-order valence-electron chi connectivity index (χ1n) is 6.66. The predicted molar refractivity (Wildman–Crippen MR) is 75.9 cm³/mol. The van der Waals surface area contributed by atoms with Crippen molar-refractivity contribution in [3.05, 3.63) is 0 Å². The summed E-state index contributed by atoms with van der Waals surface area (Å²) >= 11 is 0. The molecule has 0 rings (SSSR count). The summed E-state index contributed by atoms with van der Waals surface area (Å²) in [5, 5.41) is 2.67. The number of amides is 2. The highest BCUT2D eigenvalue weighted by Crippen LogP contribution is 2.16. The molecular weight excluding hydrogens is 244 g/mol. The molecule has 0 unspecified atom stereocenters. The topological polar surface area (TPSA) is 58.6 Å². The minimum Gasteiger partial charge on any atom is -0.444 e. The Kier molecular flexibility index (Phi) is 6.33. The quantitative estimate of drug-likeness (QED) is 0.799. The molecule has 2 amide bonds. The molecule has 0 aliphatic rings. The van der Waals surface area contributed by atoms with Gasteiger partial charge in [-0.3, -0.25) is 4.79 Å². The highest BCUT2D eigenvalue weighted by atomic mass is 16.6. The number of carbonyl (C=O) groups is 2. The molecule has 0 saturated carbocycles. The third-order valence-corrected chi connectivity index (χ3v) is 2.33. The SMILES string of the molecule is CN(CCCNC(=O)OC(C)(C)C)C(=O)C(C)(C)C. The van der Waals surface area contributed by atoms with E-state index in [1.54, 1.807) is 11.9 Å². The minimum atomic E-state index is -0.483. The van der Waals surface area contributed by atoms with Crippen LogP contribution in [0.4, 0.5) is 4.79 Å². The molecule has 0 saturated heterocycles. The standard InChI is InChI=1S/C14H28N2O3/c1-13(2,3)11(17)16(7)10-8-9-15-12(18)19-14(4,5)6/h8-10H2,1-7H3,(H,15,18). The Morgan fingerprint density at radius 3 is 2.05 bits per heavy atom. The lowest BCUT2D eigenvalue weighted by Crippen LogP contribution is -2.39. The van der Waals surface area contributed by atoms with Crippen LogP contribution >= 0.6 is 0 Å². The van der Waals surface area contributed by atoms with Gasteiger partial charge in [-0.1, -0.05) is 20.8 Å². The molecule has 0 bridgehead atoms. The van der Waals surface area contributed by atoms with Gasteiger partial charge in [0.25, 0.3) is 0 Å². The van der Waals surface area contributed by atoms with Crippen molar-refractivity contribution in [3.63, 3.8) is 0 Å². The number of hydrogen-bond acceptors (Lipinski definition) is 3. The van der Waals surface area contributed by atoms with Gasteiger partial charge in [-0.05, 0) is 27.2 Å². The highest BCUT2D eigenvalue weighted by molar-refractivity contribution is 5.81. The largest absolute Gasteiger partial charge is 0.444 e. The van der Waals surface area contributed by atoms with Gasteiger partial charge in [-0.25, -0.2) is 4.79 Å². The van der Waals surface area contributed by atoms with Crippen molar-refractivity contribution in [3.8, 4) is 0 Å². The molecule has 5 heteroatoms. The van der Waals surface area contributed by atoms with Crippen LogP contribution in [0.2, 0.25) is 0 Å². The molecule has 0 aromatic rings. The molecular formula is C14H28N2O3. The van der Waals surface area contributed by atoms with Crippen molar-refractivity contribution in [2.75, 3.05) is 20.1 Å². The van der Waals surface area contributed by atoms with Gasteiger partial charge in [0.15, 0.2) is 0 Å². The number of rotatable bonds is 4. The number of alkyl carbamates (subject to hydrolysis) is 1. The highest BCUT2D eigenvalue weighted by Gasteiger charge is 2.24. The Labute approximate surface area is 116 Å². The van der Waals surface area contributed by atoms with Gasteiger partial charge in [-0.15, -0.1) is 0 Å². The zero-order chi connectivity index (χ0) is 15.3. The molecule has 5 nitrogen and oxygen atoms in total. The summed E-state index contributed by atoms with van der Waals surface area (Å²) in [6.45, 7) is 12.3. The van der Waals surface area contributed by atoms with Gasteiger partial charge in [0.1, 0.15) is 5.60 Å². The molecule has 0 atom stereocenters. The van der Waals surface area contributed by atoms with Gasteiger partial charge in [0.05, 0.1) is 0 Å². The summed E-state index contributed by atoms with van der Waals surface area (Å²) in [4.78, 5) is 25.0. The zero-order valence-corrected chi connectivity index (χ0v) is 13.3. The van der Waals surface area contributed by atoms with Crippen molar-refractivity contribution in [1.29, 1.82) is 0 Å². The molecule has 0 fully saturated rings. The summed E-state index contributed by atoms with van der Waals surface area (Å²) in [7, 11) is 1.78. The number of carbonyl (C=O) groups excluding carboxylic acids is 2. The van der Waals surface area contributed by atoms with E-state index in [1.807, 2.05) is 41.5 Å². The van der Waals surface area contributed by atoms with Crippen LogP contribution in [-0.4, -0.2) is 42.6 Å². The van der Waals surface area contributed by atoms with Crippen LogP contribution in [0.3, 0.4) is 0 Å². The summed E-state index contributed by atoms with van der Waals surface area (Å²) in [5.41, 5.74) is -0.851. The van der Waals surface area contributed by atoms with E-state index in [2.05, 4.69) is 5.32 Å². The maximum Gasteiger partial charge on any atom is 0.407 e. The molecule has 19 heavy (non-hydrogen) atoms. The van der Waals surface area contributed by atoms with Crippen molar-refractivity contribution in [2.24, 2.45) is 5.41 Å². The molecule has 0 heterocycles. The van der Waals surface area contributed by atoms with Crippen molar-refractivity contribution >= 4 is 12.0 Å². The predicted octanol–water partition coefficient (Wildman–Crippen LogP) is 2.41. The van der Waals surface area contributed by atoms with Crippen LogP contribution in [0.1, 0.15) is 48.0 Å². The van der Waals surface area contributed by atoms with Gasteiger partial charge in [0, 0.05) is 25.6 Å². The van der Waals surface area contributed by atoms with E-state index in [1.165, 1.54) is 0 Å². The number of ether oxygens (including phenoxy) is 1. The summed E-state index contributed by atoms with van der Waals surface area (Å²) in [5.74, 6) is 0.102. The first-order chi connectivity index (χ1) is 8.43. The van der Waals surface area contributed by atoms with Crippen molar-refractivity contribution in [2.45, 2.75) is 53.6 Å². The van der Waals surface area contributed by atoms with E-state index in [0.717, 1.165) is 0 Å². The fraction of sp³-hybridized carbons (Fsp3) is 0.857. The van der Waals surface area contributed by atoms with Crippen LogP contribution in [0.15, 0.2) is 0 Å². The Hall–Kier alpha value is -1.26. The third kappa shape index (κ3) is 8.46. The average Bonchev–Trinajstić information content (AvgIpc) is 2.19. The van der Waals surface area contributed by atoms with Crippen LogP contribution in [-0.2, 0) is 9.53 Å². The van der Waals surface area contributed by atoms with E-state index >= 15 is 0 Å². The maximum atomic E-state index is 11.9. The second-order valence-corrected chi connectivity index (χ2v) is 6.76. The molecule has 0 aliphatic carbocycles. The average molecular weight is 272 g/mol. The fourth-order valence-corrected chi connectivity index (χ4v) is 1.49. The molecule has 0 radical (unpaired) electrons. The van der Waals surface area contributed by atoms with Gasteiger partial charge in [-0.2, -0.15) is 0 Å². The Morgan fingerprint density at radius 2 is 1.63 bits per heavy atom. The number of hydrogen-bond donors (Lipinski definition) is 1. The minimum absolute atomic E-state index is 0.102. The monoisotopic (exact) mass is 272 g/mol. The second-order valence-electron chi connectivity index (χ2n) is 6.76. The second kappa shape index (κ2) is 6.78. The summed E-state index contributed by atoms with van der Waals surface area (Å²) < 4.78 is 5.12. The molecule has 112 valence electrons. The van der Waals surface area contributed by atoms with E-state index in [4.69, 9.17) is 4.74 Å². The van der Waals surface area contributed by atoms with Crippen molar-refractivity contribution < 1.29 is 14.3 Å². The van der Waals surface area contributed by atoms with Crippen LogP contribution in [0, 0.1) is 5.41 Å². The maximum absolute atomic E-state index is 11.9. The molecule has 0 aromatic heterocycles. The smallest absolute Gasteiger partial charge is 0.407 e. The fourth-order valence-electron chi connectivity index (χ4n) is 1.49. The number of nitrogens with one attached hydrogen (secondary N) is 1. The molecule has 0 aliphatic heterocycles. The Morgan fingerprint density at radius 1 is 1.11 bits per heavy atom. The zero-order valence-electron chi connectivity index (χ0n) is 13.3. The first kappa shape index (κ1) is 17.7. The van der Waals surface area contributed by atoms with Crippen LogP contribution in [0.25, 0.3) is 0 Å². The van der Waals surface area contributed by atoms with Gasteiger partial charge in [0.2, 0.25) is 5.91 Å². The van der Waals surface area contributed by atoms with E-state index in [-0.39, 0.29) is 11.3 Å². The van der Waals surface area contributed by atoms with Crippen LogP contribution in [0.5, 0.6) is 0 Å². The summed E-state index contributed by atoms with van der Waals surface area (Å²) in [6, 6.07) is 0. The Bertz CT molecular complexity index is 314. The third-order valence-electron chi connectivity index (χ3n) is 2.33. The lowest BCUT2D eigenvalue weighted by molar-refractivity contribution is -0.138. The normalized spacial score (nSPS) is 11.9. The van der Waals surface area contributed by atoms with E-state index in [0.29, 0.717) is 19.5 Å². The Balaban J connectivity index is 3.88. The first-order valence-corrected chi connectivity index (χ1v) is 6.66. The number of nitrogens with zero attached hydrogens (tertiary/aromatic N) is 1. The molecule has 0 aromatic carbocycles. The van der Waals surface area contributed by atoms with Crippen molar-refractivity contribution in [1.82, 2.24) is 10.2 Å². The van der Waals surface area contributed by atoms with Gasteiger partial charge >= 0.3 is 6.09 Å². The van der Waals surface area contributed by atoms with E-state index < -0.39 is 11.7 Å².